The number of benzene rings is 1. The minimum atomic E-state index is 0.200. The number of nitrogens with one attached hydrogen (secondary N) is 1. The average molecular weight is 205 g/mol. The van der Waals surface area contributed by atoms with Crippen molar-refractivity contribution in [1.82, 2.24) is 5.32 Å². The summed E-state index contributed by atoms with van der Waals surface area (Å²) in [7, 11) is 0. The van der Waals surface area contributed by atoms with E-state index in [0.29, 0.717) is 12.1 Å². The van der Waals surface area contributed by atoms with Crippen LogP contribution >= 0.6 is 0 Å². The van der Waals surface area contributed by atoms with E-state index in [1.54, 1.807) is 0 Å². The summed E-state index contributed by atoms with van der Waals surface area (Å²) >= 11 is 0. The van der Waals surface area contributed by atoms with Gasteiger partial charge in [0.25, 0.3) is 0 Å². The van der Waals surface area contributed by atoms with Crippen LogP contribution in [0.2, 0.25) is 0 Å². The monoisotopic (exact) mass is 205 g/mol. The van der Waals surface area contributed by atoms with Gasteiger partial charge in [-0.05, 0) is 25.8 Å². The first-order valence-electron chi connectivity index (χ1n) is 5.69. The van der Waals surface area contributed by atoms with Gasteiger partial charge in [-0.15, -0.1) is 0 Å². The molecule has 1 aliphatic heterocycles. The van der Waals surface area contributed by atoms with E-state index in [9.17, 15) is 0 Å². The molecule has 0 saturated carbocycles. The Morgan fingerprint density at radius 3 is 2.67 bits per heavy atom. The van der Waals surface area contributed by atoms with Gasteiger partial charge < -0.3 is 10.1 Å². The quantitative estimate of drug-likeness (QED) is 0.760. The van der Waals surface area contributed by atoms with Crippen molar-refractivity contribution in [3.05, 3.63) is 35.9 Å². The summed E-state index contributed by atoms with van der Waals surface area (Å²) in [5.41, 5.74) is 1.27. The third-order valence-corrected chi connectivity index (χ3v) is 2.91. The van der Waals surface area contributed by atoms with Crippen molar-refractivity contribution < 1.29 is 4.74 Å². The highest BCUT2D eigenvalue weighted by Crippen LogP contribution is 2.22. The fourth-order valence-electron chi connectivity index (χ4n) is 2.14. The van der Waals surface area contributed by atoms with Gasteiger partial charge in [0.2, 0.25) is 0 Å². The van der Waals surface area contributed by atoms with Crippen molar-refractivity contribution in [2.75, 3.05) is 6.54 Å². The molecule has 1 heterocycles. The normalized spacial score (nSPS) is 32.3. The summed E-state index contributed by atoms with van der Waals surface area (Å²) in [4.78, 5) is 0. The van der Waals surface area contributed by atoms with Crippen LogP contribution in [0, 0.1) is 0 Å². The standard InChI is InChI=1S/C13H19NO/c1-10-8-11(2)15-13(9-14-10)12-6-4-3-5-7-12/h3-7,10-11,13-14H,8-9H2,1-2H3. The fourth-order valence-corrected chi connectivity index (χ4v) is 2.14. The molecule has 1 saturated heterocycles. The SMILES string of the molecule is CC1CC(C)OC(c2ccccc2)CN1. The van der Waals surface area contributed by atoms with Crippen molar-refractivity contribution in [2.24, 2.45) is 0 Å². The second kappa shape index (κ2) is 4.77. The maximum absolute atomic E-state index is 6.01. The fraction of sp³-hybridized carbons (Fsp3) is 0.538. The molecule has 82 valence electrons. The van der Waals surface area contributed by atoms with E-state index in [0.717, 1.165) is 13.0 Å². The Hall–Kier alpha value is -0.860. The topological polar surface area (TPSA) is 21.3 Å². The van der Waals surface area contributed by atoms with Crippen LogP contribution in [-0.2, 0) is 4.74 Å². The van der Waals surface area contributed by atoms with E-state index in [1.165, 1.54) is 5.56 Å². The Balaban J connectivity index is 2.09. The molecule has 2 nitrogen and oxygen atoms in total. The van der Waals surface area contributed by atoms with Crippen LogP contribution in [0.1, 0.15) is 31.9 Å². The molecule has 3 atom stereocenters. The highest BCUT2D eigenvalue weighted by Gasteiger charge is 2.21. The molecule has 0 amide bonds. The first kappa shape index (κ1) is 10.7. The van der Waals surface area contributed by atoms with Crippen molar-refractivity contribution in [3.8, 4) is 0 Å². The highest BCUT2D eigenvalue weighted by molar-refractivity contribution is 5.18. The number of hydrogen-bond donors (Lipinski definition) is 1. The van der Waals surface area contributed by atoms with E-state index in [2.05, 4.69) is 43.4 Å². The van der Waals surface area contributed by atoms with Crippen LogP contribution in [0.3, 0.4) is 0 Å². The lowest BCUT2D eigenvalue weighted by Crippen LogP contribution is -2.27. The molecule has 1 N–H and O–H groups in total. The predicted molar refractivity (Wildman–Crippen MR) is 61.8 cm³/mol. The Kier molecular flexibility index (Phi) is 3.39. The van der Waals surface area contributed by atoms with E-state index in [4.69, 9.17) is 4.74 Å². The smallest absolute Gasteiger partial charge is 0.0952 e. The van der Waals surface area contributed by atoms with Crippen LogP contribution < -0.4 is 5.32 Å². The summed E-state index contributed by atoms with van der Waals surface area (Å²) in [6, 6.07) is 11.0. The summed E-state index contributed by atoms with van der Waals surface area (Å²) in [5.74, 6) is 0. The minimum absolute atomic E-state index is 0.200. The number of rotatable bonds is 1. The maximum atomic E-state index is 6.01. The van der Waals surface area contributed by atoms with Gasteiger partial charge in [-0.1, -0.05) is 30.3 Å². The maximum Gasteiger partial charge on any atom is 0.0952 e. The van der Waals surface area contributed by atoms with Crippen molar-refractivity contribution in [3.63, 3.8) is 0 Å². The van der Waals surface area contributed by atoms with Gasteiger partial charge in [0.05, 0.1) is 12.2 Å². The zero-order chi connectivity index (χ0) is 10.7. The lowest BCUT2D eigenvalue weighted by Gasteiger charge is -2.18. The Labute approximate surface area is 91.6 Å². The molecule has 0 bridgehead atoms. The summed E-state index contributed by atoms with van der Waals surface area (Å²) in [6.45, 7) is 5.28. The highest BCUT2D eigenvalue weighted by atomic mass is 16.5. The molecule has 2 heteroatoms. The third kappa shape index (κ3) is 2.80. The van der Waals surface area contributed by atoms with Gasteiger partial charge in [0, 0.05) is 12.6 Å². The average Bonchev–Trinajstić information content (AvgIpc) is 2.41. The van der Waals surface area contributed by atoms with Crippen LogP contribution in [0.4, 0.5) is 0 Å². The van der Waals surface area contributed by atoms with Gasteiger partial charge >= 0.3 is 0 Å². The molecule has 0 radical (unpaired) electrons. The van der Waals surface area contributed by atoms with Crippen LogP contribution in [0.15, 0.2) is 30.3 Å². The van der Waals surface area contributed by atoms with Gasteiger partial charge in [0.1, 0.15) is 0 Å². The van der Waals surface area contributed by atoms with Crippen LogP contribution in [0.25, 0.3) is 0 Å². The molecule has 1 aliphatic rings. The summed E-state index contributed by atoms with van der Waals surface area (Å²) in [6.07, 6.45) is 1.62. The first-order chi connectivity index (χ1) is 7.25. The van der Waals surface area contributed by atoms with Gasteiger partial charge in [-0.25, -0.2) is 0 Å². The molecule has 0 aliphatic carbocycles. The van der Waals surface area contributed by atoms with Crippen molar-refractivity contribution in [2.45, 2.75) is 38.5 Å². The van der Waals surface area contributed by atoms with Crippen LogP contribution in [0.5, 0.6) is 0 Å². The summed E-state index contributed by atoms with van der Waals surface area (Å²) < 4.78 is 6.01. The first-order valence-corrected chi connectivity index (χ1v) is 5.69. The zero-order valence-corrected chi connectivity index (χ0v) is 9.44. The van der Waals surface area contributed by atoms with Gasteiger partial charge in [-0.2, -0.15) is 0 Å². The van der Waals surface area contributed by atoms with Crippen LogP contribution in [-0.4, -0.2) is 18.7 Å². The Morgan fingerprint density at radius 2 is 1.93 bits per heavy atom. The molecule has 15 heavy (non-hydrogen) atoms. The van der Waals surface area contributed by atoms with E-state index in [1.807, 2.05) is 6.07 Å². The molecule has 1 aromatic rings. The second-order valence-corrected chi connectivity index (χ2v) is 4.39. The summed E-state index contributed by atoms with van der Waals surface area (Å²) in [5, 5.41) is 3.50. The number of ether oxygens (including phenoxy) is 1. The molecule has 1 fully saturated rings. The molecule has 1 aromatic carbocycles. The van der Waals surface area contributed by atoms with E-state index in [-0.39, 0.29) is 6.10 Å². The van der Waals surface area contributed by atoms with E-state index < -0.39 is 0 Å². The molecular formula is C13H19NO. The number of hydrogen-bond acceptors (Lipinski definition) is 2. The minimum Gasteiger partial charge on any atom is -0.369 e. The van der Waals surface area contributed by atoms with Gasteiger partial charge in [-0.3, -0.25) is 0 Å². The molecule has 2 rings (SSSR count). The molecule has 3 unspecified atom stereocenters. The molecule has 0 aromatic heterocycles. The lowest BCUT2D eigenvalue weighted by molar-refractivity contribution is 0.00718. The molecule has 0 spiro atoms. The Morgan fingerprint density at radius 1 is 1.20 bits per heavy atom. The second-order valence-electron chi connectivity index (χ2n) is 4.39. The van der Waals surface area contributed by atoms with Crippen molar-refractivity contribution in [1.29, 1.82) is 0 Å². The van der Waals surface area contributed by atoms with Crippen molar-refractivity contribution >= 4 is 0 Å². The zero-order valence-electron chi connectivity index (χ0n) is 9.44. The lowest BCUT2D eigenvalue weighted by atomic mass is 10.1. The van der Waals surface area contributed by atoms with Gasteiger partial charge in [0.15, 0.2) is 0 Å². The Bertz CT molecular complexity index is 299. The predicted octanol–water partition coefficient (Wildman–Crippen LogP) is 2.51. The third-order valence-electron chi connectivity index (χ3n) is 2.91. The largest absolute Gasteiger partial charge is 0.369 e. The van der Waals surface area contributed by atoms with E-state index >= 15 is 0 Å². The molecular weight excluding hydrogens is 186 g/mol.